The summed E-state index contributed by atoms with van der Waals surface area (Å²) in [6.07, 6.45) is 0.105. The topological polar surface area (TPSA) is 43.3 Å². The number of ether oxygens (including phenoxy) is 1. The van der Waals surface area contributed by atoms with Crippen molar-refractivity contribution in [3.8, 4) is 0 Å². The highest BCUT2D eigenvalue weighted by atomic mass is 16.5. The van der Waals surface area contributed by atoms with Crippen LogP contribution >= 0.6 is 0 Å². The first-order valence-electron chi connectivity index (χ1n) is 10.1. The molecule has 2 aliphatic heterocycles. The molecular formula is C21H35N5O. The van der Waals surface area contributed by atoms with Crippen LogP contribution in [-0.4, -0.2) is 93.2 Å². The molecule has 0 aromatic heterocycles. The van der Waals surface area contributed by atoms with Crippen LogP contribution in [0.5, 0.6) is 0 Å². The van der Waals surface area contributed by atoms with Gasteiger partial charge in [0.1, 0.15) is 6.10 Å². The molecule has 0 amide bonds. The first-order chi connectivity index (χ1) is 13.1. The summed E-state index contributed by atoms with van der Waals surface area (Å²) in [5.41, 5.74) is 2.57. The highest BCUT2D eigenvalue weighted by Crippen LogP contribution is 2.24. The molecule has 2 fully saturated rings. The van der Waals surface area contributed by atoms with E-state index in [4.69, 9.17) is 4.74 Å². The van der Waals surface area contributed by atoms with Gasteiger partial charge in [0.25, 0.3) is 0 Å². The smallest absolute Gasteiger partial charge is 0.193 e. The first kappa shape index (κ1) is 20.1. The number of morpholine rings is 1. The molecule has 0 saturated carbocycles. The SMILES string of the molecule is CN=C(NCC(C)N1CCN(C)CC1)N1CCOC(c2ccccc2C)C1. The Bertz CT molecular complexity index is 627. The lowest BCUT2D eigenvalue weighted by Gasteiger charge is -2.38. The van der Waals surface area contributed by atoms with Crippen molar-refractivity contribution in [3.05, 3.63) is 35.4 Å². The Morgan fingerprint density at radius 2 is 1.96 bits per heavy atom. The monoisotopic (exact) mass is 373 g/mol. The van der Waals surface area contributed by atoms with Crippen LogP contribution in [0.2, 0.25) is 0 Å². The van der Waals surface area contributed by atoms with Crippen molar-refractivity contribution in [3.63, 3.8) is 0 Å². The van der Waals surface area contributed by atoms with Crippen LogP contribution in [0.25, 0.3) is 0 Å². The lowest BCUT2D eigenvalue weighted by molar-refractivity contribution is -0.00844. The van der Waals surface area contributed by atoms with E-state index in [2.05, 4.69) is 70.2 Å². The minimum atomic E-state index is 0.105. The molecule has 6 nitrogen and oxygen atoms in total. The van der Waals surface area contributed by atoms with Crippen molar-refractivity contribution in [1.82, 2.24) is 20.0 Å². The number of hydrogen-bond acceptors (Lipinski definition) is 4. The zero-order valence-corrected chi connectivity index (χ0v) is 17.3. The Labute approximate surface area is 164 Å². The largest absolute Gasteiger partial charge is 0.370 e. The Morgan fingerprint density at radius 1 is 1.22 bits per heavy atom. The average molecular weight is 374 g/mol. The third-order valence-electron chi connectivity index (χ3n) is 5.83. The van der Waals surface area contributed by atoms with Gasteiger partial charge in [-0.25, -0.2) is 0 Å². The lowest BCUT2D eigenvalue weighted by Crippen LogP contribution is -2.54. The number of nitrogens with one attached hydrogen (secondary N) is 1. The maximum atomic E-state index is 6.06. The number of hydrogen-bond donors (Lipinski definition) is 1. The molecule has 2 aliphatic rings. The van der Waals surface area contributed by atoms with Gasteiger partial charge in [0.15, 0.2) is 5.96 Å². The number of piperazine rings is 1. The van der Waals surface area contributed by atoms with Crippen LogP contribution in [0, 0.1) is 6.92 Å². The minimum absolute atomic E-state index is 0.105. The number of guanidine groups is 1. The van der Waals surface area contributed by atoms with Crippen LogP contribution in [0.3, 0.4) is 0 Å². The number of nitrogens with zero attached hydrogens (tertiary/aromatic N) is 4. The summed E-state index contributed by atoms with van der Waals surface area (Å²) in [7, 11) is 4.08. The van der Waals surface area contributed by atoms with Crippen molar-refractivity contribution in [2.24, 2.45) is 4.99 Å². The maximum Gasteiger partial charge on any atom is 0.193 e. The molecule has 0 spiro atoms. The predicted molar refractivity (Wildman–Crippen MR) is 111 cm³/mol. The fourth-order valence-electron chi connectivity index (χ4n) is 3.94. The van der Waals surface area contributed by atoms with Crippen LogP contribution in [0.1, 0.15) is 24.2 Å². The quantitative estimate of drug-likeness (QED) is 0.641. The summed E-state index contributed by atoms with van der Waals surface area (Å²) in [4.78, 5) is 11.8. The van der Waals surface area contributed by atoms with Crippen molar-refractivity contribution in [1.29, 1.82) is 0 Å². The number of aliphatic imine (C=N–C) groups is 1. The van der Waals surface area contributed by atoms with Crippen LogP contribution in [0.4, 0.5) is 0 Å². The summed E-state index contributed by atoms with van der Waals surface area (Å²) in [6.45, 7) is 12.4. The molecule has 0 radical (unpaired) electrons. The van der Waals surface area contributed by atoms with Gasteiger partial charge in [0.2, 0.25) is 0 Å². The van der Waals surface area contributed by atoms with Gasteiger partial charge in [0.05, 0.1) is 13.2 Å². The highest BCUT2D eigenvalue weighted by molar-refractivity contribution is 5.80. The molecule has 2 heterocycles. The van der Waals surface area contributed by atoms with Gasteiger partial charge in [0, 0.05) is 52.4 Å². The summed E-state index contributed by atoms with van der Waals surface area (Å²) in [5.74, 6) is 0.984. The van der Waals surface area contributed by atoms with Gasteiger partial charge in [-0.1, -0.05) is 24.3 Å². The highest BCUT2D eigenvalue weighted by Gasteiger charge is 2.26. The second-order valence-corrected chi connectivity index (χ2v) is 7.78. The third kappa shape index (κ3) is 5.21. The van der Waals surface area contributed by atoms with E-state index in [1.54, 1.807) is 0 Å². The van der Waals surface area contributed by atoms with E-state index >= 15 is 0 Å². The van der Waals surface area contributed by atoms with E-state index < -0.39 is 0 Å². The second-order valence-electron chi connectivity index (χ2n) is 7.78. The van der Waals surface area contributed by atoms with Gasteiger partial charge >= 0.3 is 0 Å². The second kappa shape index (κ2) is 9.53. The molecule has 27 heavy (non-hydrogen) atoms. The summed E-state index contributed by atoms with van der Waals surface area (Å²) >= 11 is 0. The zero-order valence-electron chi connectivity index (χ0n) is 17.3. The van der Waals surface area contributed by atoms with E-state index in [0.29, 0.717) is 6.04 Å². The Hall–Kier alpha value is -1.63. The van der Waals surface area contributed by atoms with Gasteiger partial charge in [-0.05, 0) is 32.0 Å². The maximum absolute atomic E-state index is 6.06. The molecular weight excluding hydrogens is 338 g/mol. The third-order valence-corrected chi connectivity index (χ3v) is 5.83. The standard InChI is InChI=1S/C21H35N5O/c1-17-7-5-6-8-19(17)20-16-26(13-14-27-20)21(22-3)23-15-18(2)25-11-9-24(4)10-12-25/h5-8,18,20H,9-16H2,1-4H3,(H,22,23). The van der Waals surface area contributed by atoms with E-state index in [1.807, 2.05) is 7.05 Å². The normalized spacial score (nSPS) is 24.1. The summed E-state index contributed by atoms with van der Waals surface area (Å²) in [5, 5.41) is 3.60. The zero-order chi connectivity index (χ0) is 19.2. The molecule has 6 heteroatoms. The molecule has 1 aromatic rings. The van der Waals surface area contributed by atoms with Crippen molar-refractivity contribution >= 4 is 5.96 Å². The molecule has 1 aromatic carbocycles. The molecule has 3 rings (SSSR count). The van der Waals surface area contributed by atoms with E-state index in [1.165, 1.54) is 11.1 Å². The molecule has 2 unspecified atom stereocenters. The van der Waals surface area contributed by atoms with E-state index in [9.17, 15) is 0 Å². The van der Waals surface area contributed by atoms with Crippen LogP contribution in [0.15, 0.2) is 29.3 Å². The molecule has 2 saturated heterocycles. The fourth-order valence-corrected chi connectivity index (χ4v) is 3.94. The Balaban J connectivity index is 1.55. The van der Waals surface area contributed by atoms with E-state index in [-0.39, 0.29) is 6.10 Å². The van der Waals surface area contributed by atoms with Gasteiger partial charge < -0.3 is 19.9 Å². The Kier molecular flexibility index (Phi) is 7.10. The number of rotatable bonds is 4. The average Bonchev–Trinajstić information content (AvgIpc) is 2.69. The van der Waals surface area contributed by atoms with Gasteiger partial charge in [-0.2, -0.15) is 0 Å². The number of benzene rings is 1. The molecule has 0 bridgehead atoms. The first-order valence-corrected chi connectivity index (χ1v) is 10.1. The Morgan fingerprint density at radius 3 is 2.67 bits per heavy atom. The fraction of sp³-hybridized carbons (Fsp3) is 0.667. The minimum Gasteiger partial charge on any atom is -0.370 e. The number of likely N-dealkylation sites (N-methyl/N-ethyl adjacent to an activating group) is 1. The lowest BCUT2D eigenvalue weighted by atomic mass is 10.0. The van der Waals surface area contributed by atoms with Gasteiger partial charge in [-0.15, -0.1) is 0 Å². The molecule has 0 aliphatic carbocycles. The summed E-state index contributed by atoms with van der Waals surface area (Å²) in [6, 6.07) is 9.01. The molecule has 2 atom stereocenters. The molecule has 1 N–H and O–H groups in total. The van der Waals surface area contributed by atoms with Crippen LogP contribution in [-0.2, 0) is 4.74 Å². The van der Waals surface area contributed by atoms with Crippen molar-refractivity contribution in [2.45, 2.75) is 26.0 Å². The van der Waals surface area contributed by atoms with Crippen molar-refractivity contribution in [2.75, 3.05) is 66.5 Å². The van der Waals surface area contributed by atoms with Gasteiger partial charge in [-0.3, -0.25) is 9.89 Å². The van der Waals surface area contributed by atoms with Crippen molar-refractivity contribution < 1.29 is 4.74 Å². The van der Waals surface area contributed by atoms with Crippen LogP contribution < -0.4 is 5.32 Å². The predicted octanol–water partition coefficient (Wildman–Crippen LogP) is 1.58. The summed E-state index contributed by atoms with van der Waals surface area (Å²) < 4.78 is 6.06. The van der Waals surface area contributed by atoms with E-state index in [0.717, 1.165) is 58.4 Å². The molecule has 150 valence electrons. The number of aryl methyl sites for hydroxylation is 1.